The number of carbonyl (C=O) groups excluding carboxylic acids is 2. The normalized spacial score (nSPS) is 11.8. The van der Waals surface area contributed by atoms with Crippen LogP contribution < -0.4 is 10.6 Å². The quantitative estimate of drug-likeness (QED) is 0.129. The lowest BCUT2D eigenvalue weighted by molar-refractivity contribution is 0.101. The zero-order valence-electron chi connectivity index (χ0n) is 28.7. The summed E-state index contributed by atoms with van der Waals surface area (Å²) in [5.74, 6) is -0.835. The van der Waals surface area contributed by atoms with Crippen molar-refractivity contribution < 1.29 is 26.4 Å². The molecule has 0 spiro atoms. The molecular formula is C39H35N5O6S3. The Hall–Kier alpha value is -5.51. The topological polar surface area (TPSA) is 146 Å². The van der Waals surface area contributed by atoms with Gasteiger partial charge >= 0.3 is 0 Å². The molecule has 0 atom stereocenters. The van der Waals surface area contributed by atoms with E-state index in [9.17, 15) is 26.4 Å². The number of sulfonamides is 2. The molecule has 270 valence electrons. The molecule has 0 bridgehead atoms. The van der Waals surface area contributed by atoms with E-state index in [2.05, 4.69) is 15.6 Å². The monoisotopic (exact) mass is 765 g/mol. The first-order valence-electron chi connectivity index (χ1n) is 16.3. The third kappa shape index (κ3) is 8.93. The predicted octanol–water partition coefficient (Wildman–Crippen LogP) is 6.96. The van der Waals surface area contributed by atoms with Gasteiger partial charge in [0.25, 0.3) is 11.8 Å². The van der Waals surface area contributed by atoms with Crippen LogP contribution in [0.1, 0.15) is 31.8 Å². The largest absolute Gasteiger partial charge is 0.322 e. The second-order valence-electron chi connectivity index (χ2n) is 12.1. The van der Waals surface area contributed by atoms with Crippen LogP contribution in [0, 0.1) is 0 Å². The molecule has 6 rings (SSSR count). The van der Waals surface area contributed by atoms with E-state index >= 15 is 0 Å². The van der Waals surface area contributed by atoms with Crippen LogP contribution in [-0.4, -0.2) is 56.3 Å². The predicted molar refractivity (Wildman–Crippen MR) is 207 cm³/mol. The number of nitrogens with zero attached hydrogens (tertiary/aromatic N) is 3. The van der Waals surface area contributed by atoms with E-state index in [1.54, 1.807) is 29.6 Å². The summed E-state index contributed by atoms with van der Waals surface area (Å²) < 4.78 is 54.8. The van der Waals surface area contributed by atoms with Gasteiger partial charge in [-0.1, -0.05) is 72.8 Å². The van der Waals surface area contributed by atoms with Crippen LogP contribution in [0.15, 0.2) is 149 Å². The van der Waals surface area contributed by atoms with Crippen molar-refractivity contribution in [3.8, 4) is 11.3 Å². The lowest BCUT2D eigenvalue weighted by Gasteiger charge is -2.17. The van der Waals surface area contributed by atoms with Crippen molar-refractivity contribution in [2.45, 2.75) is 22.9 Å². The molecule has 0 saturated heterocycles. The van der Waals surface area contributed by atoms with Crippen LogP contribution in [0.4, 0.5) is 10.8 Å². The lowest BCUT2D eigenvalue weighted by atomic mass is 10.1. The molecule has 0 aliphatic heterocycles. The van der Waals surface area contributed by atoms with E-state index in [1.807, 2.05) is 60.7 Å². The van der Waals surface area contributed by atoms with Crippen molar-refractivity contribution in [3.05, 3.63) is 161 Å². The first kappa shape index (κ1) is 37.3. The summed E-state index contributed by atoms with van der Waals surface area (Å²) in [5, 5.41) is 7.72. The summed E-state index contributed by atoms with van der Waals surface area (Å²) in [4.78, 5) is 30.6. The second kappa shape index (κ2) is 16.0. The SMILES string of the molecule is CN(Cc1ccccc1)S(=O)(=O)c1ccc(C(=O)Nc2ccc(-c3csc(NC(=O)c4ccc(S(=O)(=O)N(C)Cc5ccccc5)cc4)n3)cc2)cc1. The van der Waals surface area contributed by atoms with Crippen LogP contribution in [0.2, 0.25) is 0 Å². The lowest BCUT2D eigenvalue weighted by Crippen LogP contribution is -2.26. The molecule has 0 radical (unpaired) electrons. The van der Waals surface area contributed by atoms with E-state index in [0.29, 0.717) is 22.1 Å². The number of hydrogen-bond donors (Lipinski definition) is 2. The number of hydrogen-bond acceptors (Lipinski definition) is 8. The fourth-order valence-electron chi connectivity index (χ4n) is 5.33. The Bertz CT molecular complexity index is 2420. The maximum Gasteiger partial charge on any atom is 0.257 e. The zero-order chi connectivity index (χ0) is 37.6. The van der Waals surface area contributed by atoms with Gasteiger partial charge in [0.05, 0.1) is 15.5 Å². The molecule has 0 aliphatic rings. The molecule has 2 N–H and O–H groups in total. The maximum atomic E-state index is 13.1. The Morgan fingerprint density at radius 1 is 0.585 bits per heavy atom. The minimum absolute atomic E-state index is 0.0789. The first-order chi connectivity index (χ1) is 25.4. The van der Waals surface area contributed by atoms with E-state index in [0.717, 1.165) is 16.7 Å². The third-order valence-electron chi connectivity index (χ3n) is 8.31. The van der Waals surface area contributed by atoms with Crippen molar-refractivity contribution in [1.82, 2.24) is 13.6 Å². The fraction of sp³-hybridized carbons (Fsp3) is 0.103. The zero-order valence-corrected chi connectivity index (χ0v) is 31.2. The summed E-state index contributed by atoms with van der Waals surface area (Å²) in [6.45, 7) is 0.436. The molecule has 5 aromatic carbocycles. The number of nitrogens with one attached hydrogen (secondary N) is 2. The molecular weight excluding hydrogens is 731 g/mol. The average molecular weight is 766 g/mol. The number of aromatic nitrogens is 1. The Kier molecular flexibility index (Phi) is 11.3. The molecule has 1 heterocycles. The summed E-state index contributed by atoms with van der Waals surface area (Å²) in [5.41, 5.74) is 4.19. The van der Waals surface area contributed by atoms with Gasteiger partial charge in [-0.2, -0.15) is 8.61 Å². The summed E-state index contributed by atoms with van der Waals surface area (Å²) in [6, 6.07) is 37.1. The highest BCUT2D eigenvalue weighted by Crippen LogP contribution is 2.27. The highest BCUT2D eigenvalue weighted by atomic mass is 32.2. The number of carbonyl (C=O) groups is 2. The van der Waals surface area contributed by atoms with Crippen molar-refractivity contribution in [2.75, 3.05) is 24.7 Å². The standard InChI is InChI=1S/C39H35N5O6S3/c1-43(25-28-9-5-3-6-10-28)52(47,48)34-21-15-31(16-22-34)37(45)40-33-19-13-30(14-20-33)36-27-51-39(41-36)42-38(46)32-17-23-35(24-18-32)53(49,50)44(2)26-29-11-7-4-8-12-29/h3-24,27H,25-26H2,1-2H3,(H,40,45)(H,41,42,46). The van der Waals surface area contributed by atoms with Gasteiger partial charge in [-0.25, -0.2) is 21.8 Å². The molecule has 14 heteroatoms. The Balaban J connectivity index is 1.03. The third-order valence-corrected chi connectivity index (χ3v) is 12.7. The fourth-order valence-corrected chi connectivity index (χ4v) is 8.36. The number of thiazole rings is 1. The van der Waals surface area contributed by atoms with E-state index in [-0.39, 0.29) is 28.4 Å². The van der Waals surface area contributed by atoms with Crippen molar-refractivity contribution in [2.24, 2.45) is 0 Å². The molecule has 0 saturated carbocycles. The summed E-state index contributed by atoms with van der Waals surface area (Å²) in [7, 11) is -4.49. The van der Waals surface area contributed by atoms with Gasteiger partial charge in [0.15, 0.2) is 5.13 Å². The van der Waals surface area contributed by atoms with Crippen LogP contribution in [0.5, 0.6) is 0 Å². The van der Waals surface area contributed by atoms with Crippen LogP contribution in [0.3, 0.4) is 0 Å². The van der Waals surface area contributed by atoms with Crippen molar-refractivity contribution in [1.29, 1.82) is 0 Å². The van der Waals surface area contributed by atoms with Crippen LogP contribution >= 0.6 is 11.3 Å². The van der Waals surface area contributed by atoms with Gasteiger partial charge in [0, 0.05) is 54.9 Å². The second-order valence-corrected chi connectivity index (χ2v) is 17.0. The van der Waals surface area contributed by atoms with Crippen molar-refractivity contribution in [3.63, 3.8) is 0 Å². The molecule has 0 unspecified atom stereocenters. The molecule has 53 heavy (non-hydrogen) atoms. The number of benzene rings is 5. The maximum absolute atomic E-state index is 13.1. The van der Waals surface area contributed by atoms with Gasteiger partial charge < -0.3 is 5.32 Å². The average Bonchev–Trinajstić information content (AvgIpc) is 3.64. The van der Waals surface area contributed by atoms with E-state index < -0.39 is 31.9 Å². The number of rotatable bonds is 13. The molecule has 0 aliphatic carbocycles. The van der Waals surface area contributed by atoms with Gasteiger partial charge in [-0.3, -0.25) is 14.9 Å². The summed E-state index contributed by atoms with van der Waals surface area (Å²) >= 11 is 1.24. The molecule has 11 nitrogen and oxygen atoms in total. The van der Waals surface area contributed by atoms with Gasteiger partial charge in [0.2, 0.25) is 20.0 Å². The highest BCUT2D eigenvalue weighted by molar-refractivity contribution is 7.89. The molecule has 2 amide bonds. The van der Waals surface area contributed by atoms with Crippen molar-refractivity contribution >= 4 is 54.0 Å². The minimum Gasteiger partial charge on any atom is -0.322 e. The molecule has 6 aromatic rings. The van der Waals surface area contributed by atoms with Gasteiger partial charge in [-0.05, 0) is 71.8 Å². The Morgan fingerprint density at radius 2 is 1.02 bits per heavy atom. The van der Waals surface area contributed by atoms with Crippen LogP contribution in [0.25, 0.3) is 11.3 Å². The molecule has 1 aromatic heterocycles. The smallest absolute Gasteiger partial charge is 0.257 e. The van der Waals surface area contributed by atoms with Gasteiger partial charge in [0.1, 0.15) is 0 Å². The number of amides is 2. The Morgan fingerprint density at radius 3 is 1.47 bits per heavy atom. The summed E-state index contributed by atoms with van der Waals surface area (Å²) in [6.07, 6.45) is 0. The van der Waals surface area contributed by atoms with E-state index in [1.165, 1.54) is 82.6 Å². The number of anilines is 2. The highest BCUT2D eigenvalue weighted by Gasteiger charge is 2.23. The van der Waals surface area contributed by atoms with Crippen LogP contribution in [-0.2, 0) is 33.1 Å². The minimum atomic E-state index is -3.76. The molecule has 0 fully saturated rings. The first-order valence-corrected chi connectivity index (χ1v) is 20.1. The van der Waals surface area contributed by atoms with E-state index in [4.69, 9.17) is 0 Å². The van der Waals surface area contributed by atoms with Gasteiger partial charge in [-0.15, -0.1) is 11.3 Å². The Labute approximate surface area is 312 Å².